The zero-order chi connectivity index (χ0) is 11.5. The van der Waals surface area contributed by atoms with Crippen LogP contribution >= 0.6 is 0 Å². The van der Waals surface area contributed by atoms with Crippen LogP contribution in [0.4, 0.5) is 0 Å². The molecule has 1 unspecified atom stereocenters. The summed E-state index contributed by atoms with van der Waals surface area (Å²) in [7, 11) is 1.89. The van der Waals surface area contributed by atoms with Gasteiger partial charge in [0.05, 0.1) is 6.04 Å². The molecule has 6 nitrogen and oxygen atoms in total. The van der Waals surface area contributed by atoms with E-state index in [4.69, 9.17) is 4.52 Å². The average molecular weight is 221 g/mol. The van der Waals surface area contributed by atoms with E-state index in [0.717, 1.165) is 6.54 Å². The molecule has 0 aliphatic heterocycles. The summed E-state index contributed by atoms with van der Waals surface area (Å²) in [5.74, 6) is 1.81. The second-order valence-corrected chi connectivity index (χ2v) is 3.60. The summed E-state index contributed by atoms with van der Waals surface area (Å²) < 4.78 is 7.03. The Morgan fingerprint density at radius 1 is 1.56 bits per heavy atom. The van der Waals surface area contributed by atoms with Crippen LogP contribution in [-0.4, -0.2) is 26.2 Å². The van der Waals surface area contributed by atoms with Gasteiger partial charge in [-0.2, -0.15) is 4.98 Å². The van der Waals surface area contributed by atoms with E-state index in [9.17, 15) is 0 Å². The molecule has 2 aromatic heterocycles. The molecule has 2 rings (SSSR count). The average Bonchev–Trinajstić information content (AvgIpc) is 2.86. The van der Waals surface area contributed by atoms with Gasteiger partial charge in [-0.05, 0) is 13.5 Å². The first-order valence-electron chi connectivity index (χ1n) is 5.27. The number of rotatable bonds is 4. The van der Waals surface area contributed by atoms with Gasteiger partial charge in [-0.1, -0.05) is 12.1 Å². The molecule has 86 valence electrons. The standard InChI is InChI=1S/C10H15N5O/c1-4-11-7(2)10-13-8(14-16-10)9-12-5-6-15(9)3/h5-7,11H,4H2,1-3H3. The molecule has 0 aliphatic carbocycles. The van der Waals surface area contributed by atoms with E-state index in [1.165, 1.54) is 0 Å². The van der Waals surface area contributed by atoms with Gasteiger partial charge in [0.25, 0.3) is 0 Å². The number of aromatic nitrogens is 4. The van der Waals surface area contributed by atoms with E-state index >= 15 is 0 Å². The topological polar surface area (TPSA) is 68.8 Å². The van der Waals surface area contributed by atoms with Crippen molar-refractivity contribution in [3.05, 3.63) is 18.3 Å². The first kappa shape index (κ1) is 10.8. The van der Waals surface area contributed by atoms with Crippen molar-refractivity contribution in [1.82, 2.24) is 25.0 Å². The molecule has 0 amide bonds. The lowest BCUT2D eigenvalue weighted by Gasteiger charge is -2.04. The fraction of sp³-hybridized carbons (Fsp3) is 0.500. The molecule has 0 spiro atoms. The molecule has 1 atom stereocenters. The van der Waals surface area contributed by atoms with Crippen LogP contribution in [0.3, 0.4) is 0 Å². The lowest BCUT2D eigenvalue weighted by Crippen LogP contribution is -2.17. The minimum Gasteiger partial charge on any atom is -0.337 e. The van der Waals surface area contributed by atoms with E-state index in [0.29, 0.717) is 17.5 Å². The molecule has 2 aromatic rings. The van der Waals surface area contributed by atoms with Crippen LogP contribution in [0, 0.1) is 0 Å². The second-order valence-electron chi connectivity index (χ2n) is 3.60. The highest BCUT2D eigenvalue weighted by atomic mass is 16.5. The first-order valence-corrected chi connectivity index (χ1v) is 5.27. The van der Waals surface area contributed by atoms with Crippen LogP contribution in [0.1, 0.15) is 25.8 Å². The molecule has 16 heavy (non-hydrogen) atoms. The first-order chi connectivity index (χ1) is 7.72. The Balaban J connectivity index is 2.23. The molecule has 0 radical (unpaired) electrons. The second kappa shape index (κ2) is 4.44. The molecular weight excluding hydrogens is 206 g/mol. The maximum absolute atomic E-state index is 5.18. The van der Waals surface area contributed by atoms with Gasteiger partial charge in [0.2, 0.25) is 11.7 Å². The Morgan fingerprint density at radius 2 is 2.38 bits per heavy atom. The third kappa shape index (κ3) is 1.96. The number of hydrogen-bond donors (Lipinski definition) is 1. The van der Waals surface area contributed by atoms with Gasteiger partial charge in [0.15, 0.2) is 5.82 Å². The molecule has 0 aromatic carbocycles. The Labute approximate surface area is 93.7 Å². The maximum atomic E-state index is 5.18. The summed E-state index contributed by atoms with van der Waals surface area (Å²) in [4.78, 5) is 8.47. The summed E-state index contributed by atoms with van der Waals surface area (Å²) in [5.41, 5.74) is 0. The predicted octanol–water partition coefficient (Wildman–Crippen LogP) is 1.14. The molecule has 0 aliphatic rings. The van der Waals surface area contributed by atoms with Crippen molar-refractivity contribution < 1.29 is 4.52 Å². The van der Waals surface area contributed by atoms with E-state index in [1.807, 2.05) is 31.7 Å². The molecule has 0 saturated carbocycles. The van der Waals surface area contributed by atoms with Crippen LogP contribution in [0.25, 0.3) is 11.6 Å². The summed E-state index contributed by atoms with van der Waals surface area (Å²) in [6.45, 7) is 4.88. The van der Waals surface area contributed by atoms with Gasteiger partial charge in [-0.3, -0.25) is 0 Å². The minimum atomic E-state index is 0.0616. The van der Waals surface area contributed by atoms with E-state index in [-0.39, 0.29) is 6.04 Å². The Kier molecular flexibility index (Phi) is 3.00. The van der Waals surface area contributed by atoms with Gasteiger partial charge in [0, 0.05) is 19.4 Å². The van der Waals surface area contributed by atoms with Crippen molar-refractivity contribution in [2.45, 2.75) is 19.9 Å². The van der Waals surface area contributed by atoms with E-state index in [1.54, 1.807) is 6.20 Å². The highest BCUT2D eigenvalue weighted by molar-refractivity contribution is 5.42. The maximum Gasteiger partial charge on any atom is 0.243 e. The van der Waals surface area contributed by atoms with Gasteiger partial charge in [-0.25, -0.2) is 4.98 Å². The summed E-state index contributed by atoms with van der Waals surface area (Å²) >= 11 is 0. The third-order valence-electron chi connectivity index (χ3n) is 2.34. The third-order valence-corrected chi connectivity index (χ3v) is 2.34. The minimum absolute atomic E-state index is 0.0616. The highest BCUT2D eigenvalue weighted by Gasteiger charge is 2.16. The van der Waals surface area contributed by atoms with E-state index < -0.39 is 0 Å². The molecule has 0 saturated heterocycles. The van der Waals surface area contributed by atoms with Crippen molar-refractivity contribution >= 4 is 0 Å². The largest absolute Gasteiger partial charge is 0.337 e. The number of nitrogens with one attached hydrogen (secondary N) is 1. The van der Waals surface area contributed by atoms with Crippen molar-refractivity contribution in [1.29, 1.82) is 0 Å². The van der Waals surface area contributed by atoms with Crippen molar-refractivity contribution in [3.8, 4) is 11.6 Å². The van der Waals surface area contributed by atoms with Gasteiger partial charge >= 0.3 is 0 Å². The Morgan fingerprint density at radius 3 is 3.00 bits per heavy atom. The van der Waals surface area contributed by atoms with Crippen molar-refractivity contribution in [2.75, 3.05) is 6.54 Å². The Hall–Kier alpha value is -1.69. The monoisotopic (exact) mass is 221 g/mol. The smallest absolute Gasteiger partial charge is 0.243 e. The lowest BCUT2D eigenvalue weighted by molar-refractivity contribution is 0.342. The van der Waals surface area contributed by atoms with Gasteiger partial charge < -0.3 is 14.4 Å². The fourth-order valence-corrected chi connectivity index (χ4v) is 1.48. The number of hydrogen-bond acceptors (Lipinski definition) is 5. The zero-order valence-electron chi connectivity index (χ0n) is 9.64. The number of aryl methyl sites for hydroxylation is 1. The summed E-state index contributed by atoms with van der Waals surface area (Å²) in [6, 6.07) is 0.0616. The predicted molar refractivity (Wildman–Crippen MR) is 58.6 cm³/mol. The normalized spacial score (nSPS) is 12.9. The Bertz CT molecular complexity index is 461. The molecule has 0 fully saturated rings. The molecule has 1 N–H and O–H groups in total. The summed E-state index contributed by atoms with van der Waals surface area (Å²) in [5, 5.41) is 7.12. The van der Waals surface area contributed by atoms with Crippen molar-refractivity contribution in [3.63, 3.8) is 0 Å². The van der Waals surface area contributed by atoms with Gasteiger partial charge in [0.1, 0.15) is 0 Å². The number of nitrogens with zero attached hydrogens (tertiary/aromatic N) is 4. The molecule has 0 bridgehead atoms. The zero-order valence-corrected chi connectivity index (χ0v) is 9.64. The van der Waals surface area contributed by atoms with E-state index in [2.05, 4.69) is 20.4 Å². The molecule has 6 heteroatoms. The lowest BCUT2D eigenvalue weighted by atomic mass is 10.3. The SMILES string of the molecule is CCNC(C)c1nc(-c2nccn2C)no1. The van der Waals surface area contributed by atoms with Gasteiger partial charge in [-0.15, -0.1) is 0 Å². The molecule has 2 heterocycles. The quantitative estimate of drug-likeness (QED) is 0.838. The van der Waals surface area contributed by atoms with Crippen LogP contribution < -0.4 is 5.32 Å². The highest BCUT2D eigenvalue weighted by Crippen LogP contribution is 2.16. The van der Waals surface area contributed by atoms with Crippen LogP contribution in [0.2, 0.25) is 0 Å². The summed E-state index contributed by atoms with van der Waals surface area (Å²) in [6.07, 6.45) is 3.55. The van der Waals surface area contributed by atoms with Crippen molar-refractivity contribution in [2.24, 2.45) is 7.05 Å². The van der Waals surface area contributed by atoms with Crippen LogP contribution in [0.5, 0.6) is 0 Å². The number of imidazole rings is 1. The molecular formula is C10H15N5O. The van der Waals surface area contributed by atoms with Crippen LogP contribution in [-0.2, 0) is 7.05 Å². The van der Waals surface area contributed by atoms with Crippen LogP contribution in [0.15, 0.2) is 16.9 Å². The fourth-order valence-electron chi connectivity index (χ4n) is 1.48.